The Kier molecular flexibility index (Phi) is 6.80. The second kappa shape index (κ2) is 10.1. The van der Waals surface area contributed by atoms with E-state index >= 15 is 0 Å². The number of amides is 2. The number of fused-ring (bicyclic) bond motifs is 2. The Balaban J connectivity index is 1.35. The van der Waals surface area contributed by atoms with Crippen LogP contribution in [0, 0.1) is 20.8 Å². The molecule has 2 aromatic carbocycles. The normalized spacial score (nSPS) is 14.5. The monoisotopic (exact) mass is 537 g/mol. The molecule has 0 fully saturated rings. The molecular formula is C29H26F3N3O4. The third-order valence-electron chi connectivity index (χ3n) is 6.77. The van der Waals surface area contributed by atoms with Crippen molar-refractivity contribution in [3.8, 4) is 0 Å². The molecule has 2 amide bonds. The first-order chi connectivity index (χ1) is 18.5. The number of hydrogen-bond acceptors (Lipinski definition) is 5. The zero-order chi connectivity index (χ0) is 27.9. The molecule has 2 aromatic heterocycles. The van der Waals surface area contributed by atoms with E-state index in [9.17, 15) is 22.8 Å². The standard InChI is InChI=1S/C29H26F3N3O4/c1-15-11-16(2)25-18(14-38-23(25)12-15)13-24(36)35-34-21-9-6-10-22-26(21)17(3)27(39-22)28(37)33-20-8-5-4-7-19(20)29(30,31)32/h4-5,7-8,11-12,14H,6,9-10,13H2,1-3H3,(H,33,37)(H,35,36)/b34-21+. The van der Waals surface area contributed by atoms with Crippen LogP contribution in [0.5, 0.6) is 0 Å². The first kappa shape index (κ1) is 26.3. The highest BCUT2D eigenvalue weighted by Gasteiger charge is 2.34. The zero-order valence-corrected chi connectivity index (χ0v) is 21.6. The van der Waals surface area contributed by atoms with Crippen molar-refractivity contribution in [2.45, 2.75) is 52.6 Å². The Morgan fingerprint density at radius 1 is 1.08 bits per heavy atom. The number of hydrogen-bond donors (Lipinski definition) is 2. The summed E-state index contributed by atoms with van der Waals surface area (Å²) >= 11 is 0. The molecule has 5 rings (SSSR count). The molecule has 2 heterocycles. The molecular weight excluding hydrogens is 511 g/mol. The highest BCUT2D eigenvalue weighted by atomic mass is 19.4. The summed E-state index contributed by atoms with van der Waals surface area (Å²) in [6.07, 6.45) is -1.23. The van der Waals surface area contributed by atoms with Gasteiger partial charge in [-0.05, 0) is 62.9 Å². The number of halogens is 3. The van der Waals surface area contributed by atoms with Crippen LogP contribution in [-0.4, -0.2) is 17.5 Å². The number of carbonyl (C=O) groups excluding carboxylic acids is 2. The highest BCUT2D eigenvalue weighted by Crippen LogP contribution is 2.36. The zero-order valence-electron chi connectivity index (χ0n) is 21.6. The van der Waals surface area contributed by atoms with E-state index < -0.39 is 17.6 Å². The van der Waals surface area contributed by atoms with Gasteiger partial charge < -0.3 is 14.2 Å². The van der Waals surface area contributed by atoms with Crippen molar-refractivity contribution in [1.82, 2.24) is 5.43 Å². The van der Waals surface area contributed by atoms with Gasteiger partial charge in [0.1, 0.15) is 11.3 Å². The molecule has 2 N–H and O–H groups in total. The van der Waals surface area contributed by atoms with Crippen LogP contribution >= 0.6 is 0 Å². The maximum Gasteiger partial charge on any atom is 0.418 e. The summed E-state index contributed by atoms with van der Waals surface area (Å²) in [5, 5.41) is 7.56. The summed E-state index contributed by atoms with van der Waals surface area (Å²) in [5.41, 5.74) is 6.43. The van der Waals surface area contributed by atoms with Crippen LogP contribution in [0.15, 0.2) is 56.6 Å². The summed E-state index contributed by atoms with van der Waals surface area (Å²) in [6, 6.07) is 8.70. The number of furan rings is 2. The number of para-hydroxylation sites is 1. The van der Waals surface area contributed by atoms with Crippen molar-refractivity contribution in [2.75, 3.05) is 5.32 Å². The highest BCUT2D eigenvalue weighted by molar-refractivity contribution is 6.09. The van der Waals surface area contributed by atoms with Crippen LogP contribution < -0.4 is 10.7 Å². The summed E-state index contributed by atoms with van der Waals surface area (Å²) < 4.78 is 51.5. The predicted octanol–water partition coefficient (Wildman–Crippen LogP) is 6.62. The van der Waals surface area contributed by atoms with Crippen LogP contribution in [0.25, 0.3) is 11.0 Å². The van der Waals surface area contributed by atoms with Crippen LogP contribution in [0.4, 0.5) is 18.9 Å². The molecule has 7 nitrogen and oxygen atoms in total. The Hall–Kier alpha value is -4.34. The predicted molar refractivity (Wildman–Crippen MR) is 140 cm³/mol. The van der Waals surface area contributed by atoms with Crippen molar-refractivity contribution in [3.05, 3.63) is 87.6 Å². The lowest BCUT2D eigenvalue weighted by Crippen LogP contribution is -2.23. The lowest BCUT2D eigenvalue weighted by atomic mass is 9.93. The largest absolute Gasteiger partial charge is 0.464 e. The molecule has 0 radical (unpaired) electrons. The molecule has 1 aliphatic carbocycles. The minimum atomic E-state index is -4.63. The molecule has 0 atom stereocenters. The minimum Gasteiger partial charge on any atom is -0.464 e. The number of hydrazone groups is 1. The number of benzene rings is 2. The van der Waals surface area contributed by atoms with Crippen LogP contribution in [0.1, 0.15) is 62.5 Å². The van der Waals surface area contributed by atoms with E-state index in [2.05, 4.69) is 15.8 Å². The van der Waals surface area contributed by atoms with E-state index in [4.69, 9.17) is 8.83 Å². The van der Waals surface area contributed by atoms with Gasteiger partial charge >= 0.3 is 6.18 Å². The Morgan fingerprint density at radius 2 is 1.85 bits per heavy atom. The molecule has 1 aliphatic rings. The van der Waals surface area contributed by atoms with Gasteiger partial charge in [0, 0.05) is 28.5 Å². The van der Waals surface area contributed by atoms with Crippen LogP contribution in [0.3, 0.4) is 0 Å². The van der Waals surface area contributed by atoms with Gasteiger partial charge in [0.2, 0.25) is 5.91 Å². The van der Waals surface area contributed by atoms with Gasteiger partial charge in [-0.2, -0.15) is 18.3 Å². The Bertz CT molecular complexity index is 1630. The summed E-state index contributed by atoms with van der Waals surface area (Å²) in [6.45, 7) is 5.59. The number of anilines is 1. The van der Waals surface area contributed by atoms with Crippen LogP contribution in [-0.2, 0) is 23.8 Å². The van der Waals surface area contributed by atoms with Gasteiger partial charge in [-0.1, -0.05) is 18.2 Å². The molecule has 0 unspecified atom stereocenters. The SMILES string of the molecule is Cc1cc(C)c2c(CC(=O)N/N=C3\CCCc4oc(C(=O)Nc5ccccc5C(F)(F)F)c(C)c43)coc2c1. The smallest absolute Gasteiger partial charge is 0.418 e. The van der Waals surface area contributed by atoms with E-state index in [0.717, 1.165) is 33.7 Å². The van der Waals surface area contributed by atoms with Crippen molar-refractivity contribution in [1.29, 1.82) is 0 Å². The topological polar surface area (TPSA) is 96.8 Å². The van der Waals surface area contributed by atoms with Gasteiger partial charge in [-0.3, -0.25) is 9.59 Å². The van der Waals surface area contributed by atoms with Crippen molar-refractivity contribution in [3.63, 3.8) is 0 Å². The van der Waals surface area contributed by atoms with E-state index in [1.54, 1.807) is 13.2 Å². The Morgan fingerprint density at radius 3 is 2.62 bits per heavy atom. The third kappa shape index (κ3) is 5.19. The molecule has 202 valence electrons. The van der Waals surface area contributed by atoms with E-state index in [-0.39, 0.29) is 23.8 Å². The number of rotatable bonds is 5. The number of aryl methyl sites for hydroxylation is 3. The van der Waals surface area contributed by atoms with Crippen LogP contribution in [0.2, 0.25) is 0 Å². The van der Waals surface area contributed by atoms with Crippen molar-refractivity contribution < 1.29 is 31.6 Å². The number of nitrogens with zero attached hydrogens (tertiary/aromatic N) is 1. The molecule has 0 saturated carbocycles. The van der Waals surface area contributed by atoms with Gasteiger partial charge in [0.25, 0.3) is 5.91 Å². The second-order valence-corrected chi connectivity index (χ2v) is 9.69. The summed E-state index contributed by atoms with van der Waals surface area (Å²) in [4.78, 5) is 25.7. The molecule has 0 aliphatic heterocycles. The third-order valence-corrected chi connectivity index (χ3v) is 6.77. The maximum absolute atomic E-state index is 13.4. The fourth-order valence-corrected chi connectivity index (χ4v) is 5.11. The van der Waals surface area contributed by atoms with E-state index in [1.807, 2.05) is 26.0 Å². The number of nitrogens with one attached hydrogen (secondary N) is 2. The lowest BCUT2D eigenvalue weighted by Gasteiger charge is -2.13. The first-order valence-corrected chi connectivity index (χ1v) is 12.5. The summed E-state index contributed by atoms with van der Waals surface area (Å²) in [7, 11) is 0. The quantitative estimate of drug-likeness (QED) is 0.280. The fraction of sp³-hybridized carbons (Fsp3) is 0.276. The first-order valence-electron chi connectivity index (χ1n) is 12.5. The molecule has 0 bridgehead atoms. The molecule has 39 heavy (non-hydrogen) atoms. The second-order valence-electron chi connectivity index (χ2n) is 9.69. The van der Waals surface area contributed by atoms with Gasteiger partial charge in [-0.15, -0.1) is 0 Å². The van der Waals surface area contributed by atoms with Gasteiger partial charge in [-0.25, -0.2) is 5.43 Å². The van der Waals surface area contributed by atoms with E-state index in [1.165, 1.54) is 18.2 Å². The van der Waals surface area contributed by atoms with Gasteiger partial charge in [0.15, 0.2) is 5.76 Å². The number of carbonyl (C=O) groups is 2. The maximum atomic E-state index is 13.4. The van der Waals surface area contributed by atoms with Gasteiger partial charge in [0.05, 0.1) is 29.6 Å². The molecule has 10 heteroatoms. The fourth-order valence-electron chi connectivity index (χ4n) is 5.11. The minimum absolute atomic E-state index is 0.0666. The van der Waals surface area contributed by atoms with E-state index in [0.29, 0.717) is 41.9 Å². The Labute approximate surface area is 222 Å². The molecule has 0 saturated heterocycles. The van der Waals surface area contributed by atoms with Crippen molar-refractivity contribution in [2.24, 2.45) is 5.10 Å². The molecule has 4 aromatic rings. The summed E-state index contributed by atoms with van der Waals surface area (Å²) in [5.74, 6) is -0.707. The number of alkyl halides is 3. The average molecular weight is 538 g/mol. The average Bonchev–Trinajstić information content (AvgIpc) is 3.43. The lowest BCUT2D eigenvalue weighted by molar-refractivity contribution is -0.137. The van der Waals surface area contributed by atoms with Crippen molar-refractivity contribution >= 4 is 34.2 Å². The molecule has 0 spiro atoms.